The monoisotopic (exact) mass is 265 g/mol. The van der Waals surface area contributed by atoms with E-state index < -0.39 is 0 Å². The molecule has 0 aliphatic carbocycles. The van der Waals surface area contributed by atoms with Crippen LogP contribution >= 0.6 is 23.6 Å². The molecule has 2 heterocycles. The summed E-state index contributed by atoms with van der Waals surface area (Å²) in [4.78, 5) is 2.83. The molecule has 17 heavy (non-hydrogen) atoms. The fourth-order valence-electron chi connectivity index (χ4n) is 2.10. The van der Waals surface area contributed by atoms with E-state index in [0.29, 0.717) is 10.6 Å². The van der Waals surface area contributed by atoms with E-state index in [0.717, 1.165) is 27.9 Å². The number of rotatable bonds is 0. The van der Waals surface area contributed by atoms with Crippen LogP contribution in [0.25, 0.3) is 0 Å². The lowest BCUT2D eigenvalue weighted by Crippen LogP contribution is -2.46. The molecule has 1 aromatic rings. The summed E-state index contributed by atoms with van der Waals surface area (Å²) in [5.74, 6) is 0. The number of hydrogen-bond donors (Lipinski definition) is 1. The van der Waals surface area contributed by atoms with Crippen LogP contribution in [0.15, 0.2) is 0 Å². The number of nitrogen functional groups attached to an aromatic ring is 1. The summed E-state index contributed by atoms with van der Waals surface area (Å²) in [7, 11) is 2.09. The first kappa shape index (κ1) is 12.5. The summed E-state index contributed by atoms with van der Waals surface area (Å²) in [6.07, 6.45) is 0.844. The van der Waals surface area contributed by atoms with Gasteiger partial charge < -0.3 is 5.73 Å². The predicted octanol–water partition coefficient (Wildman–Crippen LogP) is 2.70. The molecule has 0 spiro atoms. The van der Waals surface area contributed by atoms with Gasteiger partial charge in [0.05, 0.1) is 9.51 Å². The Morgan fingerprint density at radius 3 is 2.71 bits per heavy atom. The molecular formula is C12H15N3S2. The third-order valence-corrected chi connectivity index (χ3v) is 4.96. The van der Waals surface area contributed by atoms with E-state index in [1.54, 1.807) is 0 Å². The molecule has 0 amide bonds. The van der Waals surface area contributed by atoms with E-state index in [1.807, 2.05) is 0 Å². The van der Waals surface area contributed by atoms with Gasteiger partial charge in [0, 0.05) is 12.1 Å². The summed E-state index contributed by atoms with van der Waals surface area (Å²) in [5.41, 5.74) is 8.96. The Balaban J connectivity index is 2.68. The summed E-state index contributed by atoms with van der Waals surface area (Å²) < 4.78 is 0.799. The van der Waals surface area contributed by atoms with Gasteiger partial charge in [-0.1, -0.05) is 12.2 Å². The normalized spacial score (nSPS) is 18.5. The molecule has 0 radical (unpaired) electrons. The highest BCUT2D eigenvalue weighted by molar-refractivity contribution is 7.73. The molecule has 0 bridgehead atoms. The van der Waals surface area contributed by atoms with E-state index >= 15 is 0 Å². The van der Waals surface area contributed by atoms with Gasteiger partial charge in [-0.3, -0.25) is 4.90 Å². The average Bonchev–Trinajstić information content (AvgIpc) is 2.26. The van der Waals surface area contributed by atoms with E-state index in [2.05, 4.69) is 31.9 Å². The van der Waals surface area contributed by atoms with Gasteiger partial charge in [0.2, 0.25) is 0 Å². The molecule has 0 unspecified atom stereocenters. The van der Waals surface area contributed by atoms with Gasteiger partial charge in [0.1, 0.15) is 10.9 Å². The quantitative estimate of drug-likeness (QED) is 0.733. The molecule has 0 saturated carbocycles. The van der Waals surface area contributed by atoms with Crippen molar-refractivity contribution in [1.29, 1.82) is 5.26 Å². The lowest BCUT2D eigenvalue weighted by molar-refractivity contribution is 0.133. The van der Waals surface area contributed by atoms with E-state index in [4.69, 9.17) is 23.2 Å². The largest absolute Gasteiger partial charge is 0.397 e. The van der Waals surface area contributed by atoms with Crippen molar-refractivity contribution in [3.05, 3.63) is 19.8 Å². The molecule has 0 saturated heterocycles. The van der Waals surface area contributed by atoms with E-state index in [9.17, 15) is 0 Å². The summed E-state index contributed by atoms with van der Waals surface area (Å²) in [6.45, 7) is 5.18. The summed E-state index contributed by atoms with van der Waals surface area (Å²) in [5, 5.41) is 9.05. The standard InChI is InChI=1S/C12H15N3S2/c1-12(2)4-7-8(6-15(12)3)11(16)17-9(5-13)10(7)14/h4,6,14H2,1-3H3. The minimum absolute atomic E-state index is 0.0572. The van der Waals surface area contributed by atoms with Crippen molar-refractivity contribution in [2.45, 2.75) is 32.4 Å². The maximum Gasteiger partial charge on any atom is 0.129 e. The number of hydrogen-bond acceptors (Lipinski definition) is 5. The summed E-state index contributed by atoms with van der Waals surface area (Å²) in [6, 6.07) is 2.14. The molecule has 2 N–H and O–H groups in total. The van der Waals surface area contributed by atoms with Crippen molar-refractivity contribution >= 4 is 29.2 Å². The van der Waals surface area contributed by atoms with Crippen molar-refractivity contribution < 1.29 is 0 Å². The molecule has 90 valence electrons. The molecule has 2 rings (SSSR count). The first-order valence-electron chi connectivity index (χ1n) is 5.42. The third kappa shape index (κ3) is 1.97. The Labute approximate surface area is 110 Å². The van der Waals surface area contributed by atoms with Crippen LogP contribution in [0.1, 0.15) is 29.9 Å². The lowest BCUT2D eigenvalue weighted by Gasteiger charge is -2.41. The van der Waals surface area contributed by atoms with E-state index in [1.165, 1.54) is 11.3 Å². The highest BCUT2D eigenvalue weighted by atomic mass is 32.1. The molecule has 1 aromatic heterocycles. The second-order valence-electron chi connectivity index (χ2n) is 5.05. The zero-order chi connectivity index (χ0) is 12.8. The SMILES string of the molecule is CN1Cc2c(c(N)c(C#N)sc2=S)CC1(C)C. The van der Waals surface area contributed by atoms with Gasteiger partial charge in [0.25, 0.3) is 0 Å². The third-order valence-electron chi connectivity index (χ3n) is 3.51. The van der Waals surface area contributed by atoms with Crippen LogP contribution in [-0.4, -0.2) is 17.5 Å². The minimum Gasteiger partial charge on any atom is -0.397 e. The highest BCUT2D eigenvalue weighted by Crippen LogP contribution is 2.36. The average molecular weight is 265 g/mol. The van der Waals surface area contributed by atoms with Gasteiger partial charge in [-0.15, -0.1) is 11.3 Å². The fraction of sp³-hybridized carbons (Fsp3) is 0.500. The smallest absolute Gasteiger partial charge is 0.129 e. The predicted molar refractivity (Wildman–Crippen MR) is 73.5 cm³/mol. The Morgan fingerprint density at radius 2 is 2.12 bits per heavy atom. The van der Waals surface area contributed by atoms with Crippen molar-refractivity contribution in [2.24, 2.45) is 0 Å². The number of likely N-dealkylation sites (N-methyl/N-ethyl adjacent to an activating group) is 1. The fourth-order valence-corrected chi connectivity index (χ4v) is 3.31. The zero-order valence-electron chi connectivity index (χ0n) is 10.2. The van der Waals surface area contributed by atoms with Gasteiger partial charge in [-0.05, 0) is 38.4 Å². The van der Waals surface area contributed by atoms with Gasteiger partial charge in [0.15, 0.2) is 0 Å². The first-order valence-corrected chi connectivity index (χ1v) is 6.65. The zero-order valence-corrected chi connectivity index (χ0v) is 11.8. The first-order chi connectivity index (χ1) is 7.86. The molecule has 0 atom stereocenters. The Hall–Kier alpha value is -0.960. The van der Waals surface area contributed by atoms with E-state index in [-0.39, 0.29) is 5.54 Å². The highest BCUT2D eigenvalue weighted by Gasteiger charge is 2.32. The molecule has 5 heteroatoms. The Bertz CT molecular complexity index is 566. The Kier molecular flexibility index (Phi) is 2.98. The van der Waals surface area contributed by atoms with Gasteiger partial charge in [-0.2, -0.15) is 5.26 Å². The van der Waals surface area contributed by atoms with Crippen molar-refractivity contribution in [3.63, 3.8) is 0 Å². The number of nitrogens with two attached hydrogens (primary N) is 1. The van der Waals surface area contributed by atoms with Gasteiger partial charge in [-0.25, -0.2) is 0 Å². The second kappa shape index (κ2) is 4.05. The lowest BCUT2D eigenvalue weighted by atomic mass is 9.86. The molecule has 3 nitrogen and oxygen atoms in total. The van der Waals surface area contributed by atoms with Crippen molar-refractivity contribution in [3.8, 4) is 6.07 Å². The number of nitriles is 1. The van der Waals surface area contributed by atoms with Crippen LogP contribution in [0.5, 0.6) is 0 Å². The number of anilines is 1. The van der Waals surface area contributed by atoms with Crippen LogP contribution in [0, 0.1) is 15.2 Å². The summed E-state index contributed by atoms with van der Waals surface area (Å²) >= 11 is 6.69. The molecule has 1 aliphatic heterocycles. The van der Waals surface area contributed by atoms with Crippen LogP contribution in [0.3, 0.4) is 0 Å². The Morgan fingerprint density at radius 1 is 1.47 bits per heavy atom. The number of fused-ring (bicyclic) bond motifs is 1. The van der Waals surface area contributed by atoms with Crippen molar-refractivity contribution in [1.82, 2.24) is 4.90 Å². The minimum atomic E-state index is 0.0572. The molecule has 1 aliphatic rings. The van der Waals surface area contributed by atoms with Crippen molar-refractivity contribution in [2.75, 3.05) is 12.8 Å². The van der Waals surface area contributed by atoms with Crippen LogP contribution in [0.2, 0.25) is 0 Å². The van der Waals surface area contributed by atoms with Crippen LogP contribution < -0.4 is 5.73 Å². The maximum absolute atomic E-state index is 9.05. The topological polar surface area (TPSA) is 53.0 Å². The maximum atomic E-state index is 9.05. The van der Waals surface area contributed by atoms with Crippen LogP contribution in [0.4, 0.5) is 5.69 Å². The van der Waals surface area contributed by atoms with Gasteiger partial charge >= 0.3 is 0 Å². The second-order valence-corrected chi connectivity index (χ2v) is 6.73. The molecule has 0 fully saturated rings. The number of nitrogens with zero attached hydrogens (tertiary/aromatic N) is 2. The van der Waals surface area contributed by atoms with Crippen LogP contribution in [-0.2, 0) is 13.0 Å². The molecular weight excluding hydrogens is 250 g/mol. The molecule has 0 aromatic carbocycles.